The van der Waals surface area contributed by atoms with Gasteiger partial charge in [0.2, 0.25) is 0 Å². The van der Waals surface area contributed by atoms with Gasteiger partial charge in [-0.05, 0) is 24.9 Å². The lowest BCUT2D eigenvalue weighted by atomic mass is 9.99. The molecular formula is C19H26N4. The maximum atomic E-state index is 4.62. The Morgan fingerprint density at radius 1 is 1.00 bits per heavy atom. The second kappa shape index (κ2) is 6.85. The molecule has 2 saturated heterocycles. The van der Waals surface area contributed by atoms with Gasteiger partial charge in [-0.1, -0.05) is 36.8 Å². The van der Waals surface area contributed by atoms with Crippen molar-refractivity contribution in [2.45, 2.75) is 38.4 Å². The number of rotatable bonds is 4. The summed E-state index contributed by atoms with van der Waals surface area (Å²) < 4.78 is 2.29. The third-order valence-electron chi connectivity index (χ3n) is 5.28. The standard InChI is InChI=1S/C19H26N4/c1-2-6-17(7-3-1)14-23-11-9-20-19(23)16-21-12-13-22-10-5-4-8-18(22)15-21/h1-3,6-7,9,11,18H,4-5,8,10,12-16H2/t18-/m0/s1. The molecule has 0 saturated carbocycles. The monoisotopic (exact) mass is 310 g/mol. The zero-order valence-electron chi connectivity index (χ0n) is 13.8. The van der Waals surface area contributed by atoms with Crippen molar-refractivity contribution in [2.75, 3.05) is 26.2 Å². The van der Waals surface area contributed by atoms with Crippen LogP contribution >= 0.6 is 0 Å². The van der Waals surface area contributed by atoms with Gasteiger partial charge in [-0.3, -0.25) is 9.80 Å². The van der Waals surface area contributed by atoms with Crippen molar-refractivity contribution in [1.29, 1.82) is 0 Å². The lowest BCUT2D eigenvalue weighted by Gasteiger charge is -2.44. The van der Waals surface area contributed by atoms with Gasteiger partial charge < -0.3 is 4.57 Å². The number of piperidine rings is 1. The predicted octanol–water partition coefficient (Wildman–Crippen LogP) is 2.60. The molecule has 122 valence electrons. The summed E-state index contributed by atoms with van der Waals surface area (Å²) in [5, 5.41) is 0. The molecule has 4 nitrogen and oxygen atoms in total. The predicted molar refractivity (Wildman–Crippen MR) is 92.3 cm³/mol. The Morgan fingerprint density at radius 3 is 2.83 bits per heavy atom. The summed E-state index contributed by atoms with van der Waals surface area (Å²) in [4.78, 5) is 9.90. The third kappa shape index (κ3) is 3.48. The molecule has 23 heavy (non-hydrogen) atoms. The van der Waals surface area contributed by atoms with Crippen molar-refractivity contribution in [3.05, 3.63) is 54.1 Å². The smallest absolute Gasteiger partial charge is 0.123 e. The van der Waals surface area contributed by atoms with Gasteiger partial charge in [0.1, 0.15) is 5.82 Å². The van der Waals surface area contributed by atoms with Gasteiger partial charge in [0.05, 0.1) is 6.54 Å². The molecule has 1 aromatic carbocycles. The van der Waals surface area contributed by atoms with E-state index >= 15 is 0 Å². The molecule has 3 heterocycles. The first-order valence-electron chi connectivity index (χ1n) is 8.89. The van der Waals surface area contributed by atoms with Crippen molar-refractivity contribution in [3.63, 3.8) is 0 Å². The van der Waals surface area contributed by atoms with Gasteiger partial charge in [-0.15, -0.1) is 0 Å². The molecule has 2 aromatic rings. The molecule has 0 spiro atoms. The minimum absolute atomic E-state index is 0.773. The van der Waals surface area contributed by atoms with E-state index in [4.69, 9.17) is 0 Å². The summed E-state index contributed by atoms with van der Waals surface area (Å²) >= 11 is 0. The number of fused-ring (bicyclic) bond motifs is 1. The van der Waals surface area contributed by atoms with E-state index in [1.54, 1.807) is 0 Å². The number of imidazole rings is 1. The topological polar surface area (TPSA) is 24.3 Å². The highest BCUT2D eigenvalue weighted by molar-refractivity contribution is 5.15. The molecule has 2 fully saturated rings. The molecule has 0 aliphatic carbocycles. The summed E-state index contributed by atoms with van der Waals surface area (Å²) in [6.07, 6.45) is 8.21. The molecule has 1 atom stereocenters. The fourth-order valence-corrected chi connectivity index (χ4v) is 3.98. The van der Waals surface area contributed by atoms with Crippen LogP contribution in [0.25, 0.3) is 0 Å². The molecule has 0 bridgehead atoms. The molecule has 0 N–H and O–H groups in total. The van der Waals surface area contributed by atoms with E-state index in [1.165, 1.54) is 56.8 Å². The maximum absolute atomic E-state index is 4.62. The minimum atomic E-state index is 0.773. The summed E-state index contributed by atoms with van der Waals surface area (Å²) in [6.45, 7) is 6.81. The highest BCUT2D eigenvalue weighted by Crippen LogP contribution is 2.22. The van der Waals surface area contributed by atoms with Crippen LogP contribution in [-0.4, -0.2) is 51.6 Å². The summed E-state index contributed by atoms with van der Waals surface area (Å²) in [6, 6.07) is 11.4. The van der Waals surface area contributed by atoms with Crippen LogP contribution in [-0.2, 0) is 13.1 Å². The van der Waals surface area contributed by atoms with Crippen molar-refractivity contribution in [1.82, 2.24) is 19.4 Å². The second-order valence-electron chi connectivity index (χ2n) is 6.88. The van der Waals surface area contributed by atoms with E-state index in [0.717, 1.165) is 19.1 Å². The molecule has 4 heteroatoms. The van der Waals surface area contributed by atoms with Gasteiger partial charge in [0.15, 0.2) is 0 Å². The van der Waals surface area contributed by atoms with Gasteiger partial charge in [-0.2, -0.15) is 0 Å². The molecular weight excluding hydrogens is 284 g/mol. The average Bonchev–Trinajstić information content (AvgIpc) is 3.02. The first-order chi connectivity index (χ1) is 11.4. The highest BCUT2D eigenvalue weighted by Gasteiger charge is 2.29. The van der Waals surface area contributed by atoms with E-state index in [2.05, 4.69) is 55.9 Å². The molecule has 2 aliphatic heterocycles. The van der Waals surface area contributed by atoms with Crippen molar-refractivity contribution < 1.29 is 0 Å². The number of hydrogen-bond donors (Lipinski definition) is 0. The van der Waals surface area contributed by atoms with Crippen molar-refractivity contribution in [2.24, 2.45) is 0 Å². The van der Waals surface area contributed by atoms with E-state index < -0.39 is 0 Å². The first kappa shape index (κ1) is 14.9. The van der Waals surface area contributed by atoms with Crippen LogP contribution in [0.5, 0.6) is 0 Å². The minimum Gasteiger partial charge on any atom is -0.329 e. The normalized spacial score (nSPS) is 22.9. The Labute approximate surface area is 138 Å². The largest absolute Gasteiger partial charge is 0.329 e. The van der Waals surface area contributed by atoms with Crippen LogP contribution in [0.4, 0.5) is 0 Å². The molecule has 2 aliphatic rings. The number of aromatic nitrogens is 2. The Balaban J connectivity index is 1.40. The van der Waals surface area contributed by atoms with E-state index in [1.807, 2.05) is 6.20 Å². The first-order valence-corrected chi connectivity index (χ1v) is 8.89. The SMILES string of the molecule is c1ccc(Cn2ccnc2CN2CCN3CCCC[C@H]3C2)cc1. The highest BCUT2D eigenvalue weighted by atomic mass is 15.3. The second-order valence-corrected chi connectivity index (χ2v) is 6.88. The van der Waals surface area contributed by atoms with Crippen molar-refractivity contribution >= 4 is 0 Å². The van der Waals surface area contributed by atoms with Crippen LogP contribution in [0, 0.1) is 0 Å². The molecule has 4 rings (SSSR count). The van der Waals surface area contributed by atoms with Crippen LogP contribution in [0.2, 0.25) is 0 Å². The number of hydrogen-bond acceptors (Lipinski definition) is 3. The van der Waals surface area contributed by atoms with Gasteiger partial charge in [-0.25, -0.2) is 4.98 Å². The number of piperazine rings is 1. The Kier molecular flexibility index (Phi) is 4.44. The summed E-state index contributed by atoms with van der Waals surface area (Å²) in [5.41, 5.74) is 1.34. The lowest BCUT2D eigenvalue weighted by molar-refractivity contribution is 0.0440. The zero-order chi connectivity index (χ0) is 15.5. The van der Waals surface area contributed by atoms with Gasteiger partial charge in [0, 0.05) is 44.6 Å². The van der Waals surface area contributed by atoms with Crippen LogP contribution in [0.1, 0.15) is 30.7 Å². The van der Waals surface area contributed by atoms with E-state index in [-0.39, 0.29) is 0 Å². The van der Waals surface area contributed by atoms with Crippen LogP contribution in [0.15, 0.2) is 42.7 Å². The number of benzene rings is 1. The molecule has 0 radical (unpaired) electrons. The molecule has 0 unspecified atom stereocenters. The van der Waals surface area contributed by atoms with Gasteiger partial charge >= 0.3 is 0 Å². The summed E-state index contributed by atoms with van der Waals surface area (Å²) in [5.74, 6) is 1.19. The third-order valence-corrected chi connectivity index (χ3v) is 5.28. The van der Waals surface area contributed by atoms with E-state index in [0.29, 0.717) is 0 Å². The quantitative estimate of drug-likeness (QED) is 0.867. The molecule has 0 amide bonds. The van der Waals surface area contributed by atoms with Crippen LogP contribution in [0.3, 0.4) is 0 Å². The zero-order valence-corrected chi connectivity index (χ0v) is 13.8. The van der Waals surface area contributed by atoms with Crippen molar-refractivity contribution in [3.8, 4) is 0 Å². The Hall–Kier alpha value is -1.65. The Morgan fingerprint density at radius 2 is 1.91 bits per heavy atom. The molecule has 1 aromatic heterocycles. The summed E-state index contributed by atoms with van der Waals surface area (Å²) in [7, 11) is 0. The van der Waals surface area contributed by atoms with E-state index in [9.17, 15) is 0 Å². The maximum Gasteiger partial charge on any atom is 0.123 e. The lowest BCUT2D eigenvalue weighted by Crippen LogP contribution is -2.54. The van der Waals surface area contributed by atoms with Gasteiger partial charge in [0.25, 0.3) is 0 Å². The van der Waals surface area contributed by atoms with Crippen LogP contribution < -0.4 is 0 Å². The number of nitrogens with zero attached hydrogens (tertiary/aromatic N) is 4. The Bertz CT molecular complexity index is 621. The fraction of sp³-hybridized carbons (Fsp3) is 0.526. The fourth-order valence-electron chi connectivity index (χ4n) is 3.98. The average molecular weight is 310 g/mol.